The molecule has 0 fully saturated rings. The van der Waals surface area contributed by atoms with E-state index in [9.17, 15) is 4.79 Å². The number of nitrogens with two attached hydrogens (primary N) is 1. The molecule has 1 amide bonds. The van der Waals surface area contributed by atoms with Crippen LogP contribution in [0.2, 0.25) is 0 Å². The number of hydrogen-bond acceptors (Lipinski definition) is 3. The van der Waals surface area contributed by atoms with E-state index in [1.165, 1.54) is 0 Å². The standard InChI is InChI=1S/C14H16N4O/c1-7-8(2)17-18(9(7)3)13-6-12-10(4-11(13)15)5-14(19)16-12/h4,6H,5,15H2,1-3H3,(H,16,19). The molecule has 0 saturated carbocycles. The molecule has 5 heteroatoms. The van der Waals surface area contributed by atoms with Crippen molar-refractivity contribution in [2.75, 3.05) is 11.1 Å². The van der Waals surface area contributed by atoms with Gasteiger partial charge >= 0.3 is 0 Å². The van der Waals surface area contributed by atoms with Gasteiger partial charge in [0, 0.05) is 11.4 Å². The first-order valence-electron chi connectivity index (χ1n) is 6.23. The minimum atomic E-state index is 0.0103. The fraction of sp³-hybridized carbons (Fsp3) is 0.286. The van der Waals surface area contributed by atoms with Gasteiger partial charge in [-0.25, -0.2) is 4.68 Å². The fourth-order valence-electron chi connectivity index (χ4n) is 2.42. The molecule has 0 spiro atoms. The summed E-state index contributed by atoms with van der Waals surface area (Å²) in [5, 5.41) is 7.35. The van der Waals surface area contributed by atoms with E-state index >= 15 is 0 Å². The number of carbonyl (C=O) groups excluding carboxylic acids is 1. The normalized spacial score (nSPS) is 13.5. The van der Waals surface area contributed by atoms with Gasteiger partial charge in [0.25, 0.3) is 0 Å². The van der Waals surface area contributed by atoms with Gasteiger partial charge in [-0.3, -0.25) is 4.79 Å². The summed E-state index contributed by atoms with van der Waals surface area (Å²) in [6.45, 7) is 6.03. The monoisotopic (exact) mass is 256 g/mol. The Bertz CT molecular complexity index is 700. The van der Waals surface area contributed by atoms with Crippen LogP contribution in [-0.4, -0.2) is 15.7 Å². The third-order valence-electron chi connectivity index (χ3n) is 3.76. The van der Waals surface area contributed by atoms with Crippen LogP contribution in [0.5, 0.6) is 0 Å². The van der Waals surface area contributed by atoms with Crippen LogP contribution < -0.4 is 11.1 Å². The first-order chi connectivity index (χ1) is 8.97. The molecular weight excluding hydrogens is 240 g/mol. The molecule has 1 aromatic heterocycles. The highest BCUT2D eigenvalue weighted by Crippen LogP contribution is 2.31. The maximum atomic E-state index is 11.4. The minimum absolute atomic E-state index is 0.0103. The highest BCUT2D eigenvalue weighted by Gasteiger charge is 2.21. The zero-order valence-electron chi connectivity index (χ0n) is 11.2. The molecule has 0 atom stereocenters. The van der Waals surface area contributed by atoms with Crippen molar-refractivity contribution >= 4 is 17.3 Å². The number of benzene rings is 1. The Morgan fingerprint density at radius 3 is 2.68 bits per heavy atom. The van der Waals surface area contributed by atoms with Crippen molar-refractivity contribution in [3.63, 3.8) is 0 Å². The molecular formula is C14H16N4O. The van der Waals surface area contributed by atoms with E-state index in [0.717, 1.165) is 33.9 Å². The zero-order chi connectivity index (χ0) is 13.7. The Labute approximate surface area is 111 Å². The summed E-state index contributed by atoms with van der Waals surface area (Å²) in [6, 6.07) is 3.75. The van der Waals surface area contributed by atoms with Crippen LogP contribution in [-0.2, 0) is 11.2 Å². The lowest BCUT2D eigenvalue weighted by Crippen LogP contribution is -2.05. The SMILES string of the molecule is Cc1nn(-c2cc3c(cc2N)CC(=O)N3)c(C)c1C. The van der Waals surface area contributed by atoms with Gasteiger partial charge in [-0.2, -0.15) is 5.10 Å². The fourth-order valence-corrected chi connectivity index (χ4v) is 2.42. The zero-order valence-corrected chi connectivity index (χ0v) is 11.2. The van der Waals surface area contributed by atoms with E-state index < -0.39 is 0 Å². The van der Waals surface area contributed by atoms with Gasteiger partial charge in [0.2, 0.25) is 5.91 Å². The Morgan fingerprint density at radius 1 is 1.32 bits per heavy atom. The minimum Gasteiger partial charge on any atom is -0.397 e. The lowest BCUT2D eigenvalue weighted by molar-refractivity contribution is -0.115. The number of nitrogen functional groups attached to an aromatic ring is 1. The predicted molar refractivity (Wildman–Crippen MR) is 74.5 cm³/mol. The highest BCUT2D eigenvalue weighted by atomic mass is 16.1. The quantitative estimate of drug-likeness (QED) is 0.765. The van der Waals surface area contributed by atoms with Crippen molar-refractivity contribution in [3.05, 3.63) is 34.6 Å². The van der Waals surface area contributed by atoms with Gasteiger partial charge in [0.1, 0.15) is 0 Å². The molecule has 0 aliphatic carbocycles. The Kier molecular flexibility index (Phi) is 2.38. The average molecular weight is 256 g/mol. The van der Waals surface area contributed by atoms with Gasteiger partial charge in [-0.1, -0.05) is 0 Å². The number of aromatic nitrogens is 2. The number of aryl methyl sites for hydroxylation is 1. The first-order valence-corrected chi connectivity index (χ1v) is 6.23. The van der Waals surface area contributed by atoms with Crippen LogP contribution in [0.15, 0.2) is 12.1 Å². The van der Waals surface area contributed by atoms with Crippen molar-refractivity contribution in [2.24, 2.45) is 0 Å². The summed E-state index contributed by atoms with van der Waals surface area (Å²) in [7, 11) is 0. The molecule has 19 heavy (non-hydrogen) atoms. The van der Waals surface area contributed by atoms with Crippen molar-refractivity contribution in [1.82, 2.24) is 9.78 Å². The van der Waals surface area contributed by atoms with Gasteiger partial charge in [0.15, 0.2) is 0 Å². The largest absolute Gasteiger partial charge is 0.397 e. The van der Waals surface area contributed by atoms with Gasteiger partial charge < -0.3 is 11.1 Å². The van der Waals surface area contributed by atoms with Crippen LogP contribution in [0.4, 0.5) is 11.4 Å². The molecule has 3 N–H and O–H groups in total. The smallest absolute Gasteiger partial charge is 0.228 e. The van der Waals surface area contributed by atoms with E-state index in [4.69, 9.17) is 5.73 Å². The predicted octanol–water partition coefficient (Wildman–Crippen LogP) is 1.87. The van der Waals surface area contributed by atoms with Crippen LogP contribution >= 0.6 is 0 Å². The molecule has 5 nitrogen and oxygen atoms in total. The van der Waals surface area contributed by atoms with Crippen molar-refractivity contribution in [2.45, 2.75) is 27.2 Å². The van der Waals surface area contributed by atoms with E-state index in [-0.39, 0.29) is 5.91 Å². The maximum Gasteiger partial charge on any atom is 0.228 e. The Morgan fingerprint density at radius 2 is 2.05 bits per heavy atom. The van der Waals surface area contributed by atoms with Crippen molar-refractivity contribution in [3.8, 4) is 5.69 Å². The van der Waals surface area contributed by atoms with Gasteiger partial charge in [0.05, 0.1) is 23.5 Å². The molecule has 1 aromatic carbocycles. The third-order valence-corrected chi connectivity index (χ3v) is 3.76. The number of hydrogen-bond donors (Lipinski definition) is 2. The summed E-state index contributed by atoms with van der Waals surface area (Å²) in [6.07, 6.45) is 0.399. The molecule has 1 aliphatic rings. The summed E-state index contributed by atoms with van der Waals surface area (Å²) >= 11 is 0. The number of carbonyl (C=O) groups is 1. The molecule has 3 rings (SSSR count). The second-order valence-corrected chi connectivity index (χ2v) is 5.00. The summed E-state index contributed by atoms with van der Waals surface area (Å²) < 4.78 is 1.84. The van der Waals surface area contributed by atoms with E-state index in [1.54, 1.807) is 0 Å². The average Bonchev–Trinajstić information content (AvgIpc) is 2.82. The number of fused-ring (bicyclic) bond motifs is 1. The lowest BCUT2D eigenvalue weighted by atomic mass is 10.1. The van der Waals surface area contributed by atoms with Crippen LogP contribution in [0.3, 0.4) is 0 Å². The molecule has 2 heterocycles. The van der Waals surface area contributed by atoms with E-state index in [2.05, 4.69) is 10.4 Å². The molecule has 0 unspecified atom stereocenters. The Balaban J connectivity index is 2.19. The highest BCUT2D eigenvalue weighted by molar-refractivity contribution is 6.00. The second-order valence-electron chi connectivity index (χ2n) is 5.00. The third kappa shape index (κ3) is 1.69. The topological polar surface area (TPSA) is 72.9 Å². The second kappa shape index (κ2) is 3.85. The Hall–Kier alpha value is -2.30. The number of anilines is 2. The van der Waals surface area contributed by atoms with Gasteiger partial charge in [-0.05, 0) is 44.0 Å². The summed E-state index contributed by atoms with van der Waals surface area (Å²) in [5.74, 6) is 0.0103. The van der Waals surface area contributed by atoms with Crippen LogP contribution in [0, 0.1) is 20.8 Å². The lowest BCUT2D eigenvalue weighted by Gasteiger charge is -2.10. The van der Waals surface area contributed by atoms with E-state index in [0.29, 0.717) is 12.1 Å². The molecule has 0 bridgehead atoms. The number of nitrogens with one attached hydrogen (secondary N) is 1. The molecule has 0 radical (unpaired) electrons. The van der Waals surface area contributed by atoms with Crippen molar-refractivity contribution < 1.29 is 4.79 Å². The van der Waals surface area contributed by atoms with E-state index in [1.807, 2.05) is 37.6 Å². The van der Waals surface area contributed by atoms with Crippen LogP contribution in [0.25, 0.3) is 5.69 Å². The van der Waals surface area contributed by atoms with Gasteiger partial charge in [-0.15, -0.1) is 0 Å². The van der Waals surface area contributed by atoms with Crippen molar-refractivity contribution in [1.29, 1.82) is 0 Å². The molecule has 2 aromatic rings. The first kappa shape index (κ1) is 11.8. The number of amides is 1. The number of nitrogens with zero attached hydrogens (tertiary/aromatic N) is 2. The molecule has 98 valence electrons. The summed E-state index contributed by atoms with van der Waals surface area (Å²) in [5.41, 5.74) is 12.5. The summed E-state index contributed by atoms with van der Waals surface area (Å²) in [4.78, 5) is 11.4. The number of rotatable bonds is 1. The maximum absolute atomic E-state index is 11.4. The molecule has 0 saturated heterocycles. The van der Waals surface area contributed by atoms with Crippen LogP contribution in [0.1, 0.15) is 22.5 Å². The molecule has 1 aliphatic heterocycles.